The number of amides is 1. The van der Waals surface area contributed by atoms with E-state index in [0.717, 1.165) is 16.2 Å². The fraction of sp³-hybridized carbons (Fsp3) is 0.111. The molecule has 0 bridgehead atoms. The van der Waals surface area contributed by atoms with Crippen molar-refractivity contribution in [1.29, 1.82) is 0 Å². The predicted octanol–water partition coefficient (Wildman–Crippen LogP) is 4.46. The third kappa shape index (κ3) is 3.57. The first-order valence-corrected chi connectivity index (χ1v) is 8.19. The Morgan fingerprint density at radius 2 is 1.87 bits per heavy atom. The van der Waals surface area contributed by atoms with Crippen molar-refractivity contribution < 1.29 is 9.53 Å². The number of nitrogens with one attached hydrogen (secondary N) is 1. The number of anilines is 1. The van der Waals surface area contributed by atoms with E-state index < -0.39 is 0 Å². The Bertz CT molecular complexity index is 782. The largest absolute Gasteiger partial charge is 0.494 e. The summed E-state index contributed by atoms with van der Waals surface area (Å²) in [7, 11) is 0. The zero-order valence-corrected chi connectivity index (χ0v) is 13.5. The Morgan fingerprint density at radius 1 is 1.13 bits per heavy atom. The highest BCUT2D eigenvalue weighted by atomic mass is 32.1. The number of hydrogen-bond acceptors (Lipinski definition) is 4. The SMILES string of the molecule is CCOc1ccc(NC(=O)c2ncsc2-c2ccccc2)cc1. The standard InChI is InChI=1S/C18H16N2O2S/c1-2-22-15-10-8-14(9-11-15)20-18(21)16-17(23-12-19-16)13-6-4-3-5-7-13/h3-12H,2H2,1H3,(H,20,21). The maximum atomic E-state index is 12.5. The molecule has 0 aliphatic carbocycles. The minimum Gasteiger partial charge on any atom is -0.494 e. The van der Waals surface area contributed by atoms with Crippen molar-refractivity contribution in [3.05, 3.63) is 65.8 Å². The van der Waals surface area contributed by atoms with Gasteiger partial charge in [0.2, 0.25) is 0 Å². The van der Waals surface area contributed by atoms with Crippen molar-refractivity contribution in [1.82, 2.24) is 4.98 Å². The summed E-state index contributed by atoms with van der Waals surface area (Å²) in [5, 5.41) is 2.87. The second-order valence-corrected chi connectivity index (χ2v) is 5.66. The lowest BCUT2D eigenvalue weighted by Gasteiger charge is -2.07. The number of benzene rings is 2. The molecule has 0 atom stereocenters. The number of thiazole rings is 1. The summed E-state index contributed by atoms with van der Waals surface area (Å²) < 4.78 is 5.39. The summed E-state index contributed by atoms with van der Waals surface area (Å²) >= 11 is 1.46. The summed E-state index contributed by atoms with van der Waals surface area (Å²) in [4.78, 5) is 17.6. The van der Waals surface area contributed by atoms with Crippen LogP contribution in [0, 0.1) is 0 Å². The van der Waals surface area contributed by atoms with Crippen LogP contribution in [0.4, 0.5) is 5.69 Å². The number of carbonyl (C=O) groups excluding carboxylic acids is 1. The molecule has 3 rings (SSSR count). The lowest BCUT2D eigenvalue weighted by Crippen LogP contribution is -2.13. The van der Waals surface area contributed by atoms with Gasteiger partial charge in [0.05, 0.1) is 17.0 Å². The van der Waals surface area contributed by atoms with Crippen LogP contribution < -0.4 is 10.1 Å². The van der Waals surface area contributed by atoms with Gasteiger partial charge >= 0.3 is 0 Å². The average Bonchev–Trinajstić information content (AvgIpc) is 3.07. The van der Waals surface area contributed by atoms with E-state index in [-0.39, 0.29) is 5.91 Å². The Hall–Kier alpha value is -2.66. The predicted molar refractivity (Wildman–Crippen MR) is 93.1 cm³/mol. The molecule has 0 spiro atoms. The number of carbonyl (C=O) groups is 1. The highest BCUT2D eigenvalue weighted by Gasteiger charge is 2.16. The van der Waals surface area contributed by atoms with Gasteiger partial charge in [-0.2, -0.15) is 0 Å². The van der Waals surface area contributed by atoms with Crippen LogP contribution in [0.3, 0.4) is 0 Å². The van der Waals surface area contributed by atoms with Gasteiger partial charge in [-0.3, -0.25) is 4.79 Å². The van der Waals surface area contributed by atoms with Gasteiger partial charge < -0.3 is 10.1 Å². The minimum absolute atomic E-state index is 0.214. The average molecular weight is 324 g/mol. The monoisotopic (exact) mass is 324 g/mol. The van der Waals surface area contributed by atoms with Crippen molar-refractivity contribution in [2.45, 2.75) is 6.92 Å². The molecule has 2 aromatic carbocycles. The van der Waals surface area contributed by atoms with E-state index in [2.05, 4.69) is 10.3 Å². The summed E-state index contributed by atoms with van der Waals surface area (Å²) in [6.07, 6.45) is 0. The smallest absolute Gasteiger partial charge is 0.275 e. The molecule has 0 aliphatic heterocycles. The molecule has 0 radical (unpaired) electrons. The molecule has 0 fully saturated rings. The Labute approximate surface area is 138 Å². The summed E-state index contributed by atoms with van der Waals surface area (Å²) in [5.74, 6) is 0.568. The van der Waals surface area contributed by atoms with E-state index >= 15 is 0 Å². The van der Waals surface area contributed by atoms with Crippen molar-refractivity contribution >= 4 is 22.9 Å². The second-order valence-electron chi connectivity index (χ2n) is 4.81. The van der Waals surface area contributed by atoms with Gasteiger partial charge in [0.1, 0.15) is 11.4 Å². The van der Waals surface area contributed by atoms with E-state index in [0.29, 0.717) is 18.0 Å². The fourth-order valence-electron chi connectivity index (χ4n) is 2.19. The molecule has 0 aliphatic rings. The molecule has 3 aromatic rings. The Balaban J connectivity index is 1.78. The van der Waals surface area contributed by atoms with Crippen LogP contribution in [0.2, 0.25) is 0 Å². The van der Waals surface area contributed by atoms with Crippen LogP contribution in [0.1, 0.15) is 17.4 Å². The van der Waals surface area contributed by atoms with E-state index in [1.54, 1.807) is 5.51 Å². The molecule has 0 saturated heterocycles. The molecule has 5 heteroatoms. The fourth-order valence-corrected chi connectivity index (χ4v) is 2.99. The van der Waals surface area contributed by atoms with Crippen molar-refractivity contribution in [2.24, 2.45) is 0 Å². The topological polar surface area (TPSA) is 51.2 Å². The summed E-state index contributed by atoms with van der Waals surface area (Å²) in [6, 6.07) is 17.1. The molecule has 1 aromatic heterocycles. The Kier molecular flexibility index (Phi) is 4.68. The number of aromatic nitrogens is 1. The molecule has 23 heavy (non-hydrogen) atoms. The molecule has 1 heterocycles. The zero-order valence-electron chi connectivity index (χ0n) is 12.7. The lowest BCUT2D eigenvalue weighted by atomic mass is 10.1. The van der Waals surface area contributed by atoms with Gasteiger partial charge in [0.25, 0.3) is 5.91 Å². The van der Waals surface area contributed by atoms with Crippen molar-refractivity contribution in [3.8, 4) is 16.2 Å². The maximum Gasteiger partial charge on any atom is 0.275 e. The van der Waals surface area contributed by atoms with Gasteiger partial charge in [-0.05, 0) is 36.8 Å². The number of nitrogens with zero attached hydrogens (tertiary/aromatic N) is 1. The van der Waals surface area contributed by atoms with Crippen LogP contribution in [0.15, 0.2) is 60.1 Å². The van der Waals surface area contributed by atoms with Crippen molar-refractivity contribution in [3.63, 3.8) is 0 Å². The summed E-state index contributed by atoms with van der Waals surface area (Å²) in [6.45, 7) is 2.55. The van der Waals surface area contributed by atoms with Crippen LogP contribution >= 0.6 is 11.3 Å². The van der Waals surface area contributed by atoms with Crippen molar-refractivity contribution in [2.75, 3.05) is 11.9 Å². The lowest BCUT2D eigenvalue weighted by molar-refractivity contribution is 0.102. The van der Waals surface area contributed by atoms with E-state index in [1.165, 1.54) is 11.3 Å². The molecular formula is C18H16N2O2S. The molecule has 116 valence electrons. The highest BCUT2D eigenvalue weighted by molar-refractivity contribution is 7.13. The maximum absolute atomic E-state index is 12.5. The highest BCUT2D eigenvalue weighted by Crippen LogP contribution is 2.28. The van der Waals surface area contributed by atoms with Gasteiger partial charge in [0, 0.05) is 5.69 Å². The molecule has 4 nitrogen and oxygen atoms in total. The first-order valence-electron chi connectivity index (χ1n) is 7.31. The number of ether oxygens (including phenoxy) is 1. The van der Waals surface area contributed by atoms with Crippen LogP contribution in [-0.2, 0) is 0 Å². The molecule has 1 amide bonds. The Morgan fingerprint density at radius 3 is 2.57 bits per heavy atom. The molecule has 0 unspecified atom stereocenters. The van der Waals surface area contributed by atoms with Crippen LogP contribution in [0.5, 0.6) is 5.75 Å². The van der Waals surface area contributed by atoms with Gasteiger partial charge in [0.15, 0.2) is 0 Å². The van der Waals surface area contributed by atoms with E-state index in [4.69, 9.17) is 4.74 Å². The van der Waals surface area contributed by atoms with E-state index in [1.807, 2.05) is 61.5 Å². The first-order chi connectivity index (χ1) is 11.3. The zero-order chi connectivity index (χ0) is 16.1. The third-order valence-corrected chi connectivity index (χ3v) is 4.12. The number of hydrogen-bond donors (Lipinski definition) is 1. The normalized spacial score (nSPS) is 10.3. The molecule has 1 N–H and O–H groups in total. The number of rotatable bonds is 5. The van der Waals surface area contributed by atoms with E-state index in [9.17, 15) is 4.79 Å². The van der Waals surface area contributed by atoms with Crippen LogP contribution in [-0.4, -0.2) is 17.5 Å². The van der Waals surface area contributed by atoms with Gasteiger partial charge in [-0.1, -0.05) is 30.3 Å². The van der Waals surface area contributed by atoms with Gasteiger partial charge in [-0.15, -0.1) is 11.3 Å². The first kappa shape index (κ1) is 15.2. The van der Waals surface area contributed by atoms with Crippen LogP contribution in [0.25, 0.3) is 10.4 Å². The van der Waals surface area contributed by atoms with Gasteiger partial charge in [-0.25, -0.2) is 4.98 Å². The minimum atomic E-state index is -0.214. The second kappa shape index (κ2) is 7.07. The quantitative estimate of drug-likeness (QED) is 0.754. The summed E-state index contributed by atoms with van der Waals surface area (Å²) in [5.41, 5.74) is 3.84. The third-order valence-electron chi connectivity index (χ3n) is 3.24. The molecule has 0 saturated carbocycles. The molecular weight excluding hydrogens is 308 g/mol.